The minimum Gasteiger partial charge on any atom is -0.390 e. The Morgan fingerprint density at radius 3 is 2.73 bits per heavy atom. The molecule has 1 aliphatic carbocycles. The summed E-state index contributed by atoms with van der Waals surface area (Å²) in [5.41, 5.74) is 3.12. The Kier molecular flexibility index (Phi) is 5.42. The van der Waals surface area contributed by atoms with Crippen LogP contribution in [0.1, 0.15) is 66.3 Å². The fourth-order valence-electron chi connectivity index (χ4n) is 3.21. The van der Waals surface area contributed by atoms with Crippen LogP contribution in [0.2, 0.25) is 0 Å². The molecule has 26 heavy (non-hydrogen) atoms. The maximum atomic E-state index is 12.8. The van der Waals surface area contributed by atoms with E-state index >= 15 is 0 Å². The number of benzene rings is 1. The number of hydrogen-bond acceptors (Lipinski definition) is 3. The Hall–Kier alpha value is -2.20. The summed E-state index contributed by atoms with van der Waals surface area (Å²) >= 11 is 0. The summed E-state index contributed by atoms with van der Waals surface area (Å²) < 4.78 is 0. The van der Waals surface area contributed by atoms with Crippen molar-refractivity contribution in [1.29, 1.82) is 0 Å². The van der Waals surface area contributed by atoms with Gasteiger partial charge in [0.1, 0.15) is 0 Å². The fourth-order valence-corrected chi connectivity index (χ4v) is 3.21. The summed E-state index contributed by atoms with van der Waals surface area (Å²) in [7, 11) is 0. The van der Waals surface area contributed by atoms with Crippen LogP contribution in [0, 0.1) is 12.8 Å². The van der Waals surface area contributed by atoms with E-state index in [0.29, 0.717) is 17.9 Å². The van der Waals surface area contributed by atoms with Crippen LogP contribution >= 0.6 is 0 Å². The lowest BCUT2D eigenvalue weighted by Gasteiger charge is -2.20. The third-order valence-electron chi connectivity index (χ3n) is 4.94. The second-order valence-electron chi connectivity index (χ2n) is 8.01. The maximum absolute atomic E-state index is 12.8. The van der Waals surface area contributed by atoms with E-state index in [1.807, 2.05) is 43.3 Å². The molecule has 4 nitrogen and oxygen atoms in total. The number of carbonyl (C=O) groups is 1. The van der Waals surface area contributed by atoms with Gasteiger partial charge >= 0.3 is 0 Å². The zero-order valence-electron chi connectivity index (χ0n) is 15.8. The van der Waals surface area contributed by atoms with Gasteiger partial charge < -0.3 is 10.4 Å². The van der Waals surface area contributed by atoms with Crippen molar-refractivity contribution in [3.05, 3.63) is 65.0 Å². The topological polar surface area (TPSA) is 62.2 Å². The predicted octanol–water partition coefficient (Wildman–Crippen LogP) is 3.97. The quantitative estimate of drug-likeness (QED) is 0.792. The average molecular weight is 352 g/mol. The number of rotatable bonds is 7. The fraction of sp³-hybridized carbons (Fsp3) is 0.455. The van der Waals surface area contributed by atoms with E-state index in [1.54, 1.807) is 20.0 Å². The van der Waals surface area contributed by atoms with E-state index in [0.717, 1.165) is 36.1 Å². The Balaban J connectivity index is 1.73. The van der Waals surface area contributed by atoms with Crippen molar-refractivity contribution in [2.45, 2.75) is 58.1 Å². The van der Waals surface area contributed by atoms with Crippen LogP contribution in [0.25, 0.3) is 0 Å². The van der Waals surface area contributed by atoms with Gasteiger partial charge in [-0.1, -0.05) is 18.2 Å². The van der Waals surface area contributed by atoms with E-state index in [2.05, 4.69) is 10.3 Å². The summed E-state index contributed by atoms with van der Waals surface area (Å²) in [4.78, 5) is 17.4. The first-order valence-corrected chi connectivity index (χ1v) is 9.37. The summed E-state index contributed by atoms with van der Waals surface area (Å²) in [6.45, 7) is 5.65. The Morgan fingerprint density at radius 1 is 1.31 bits per heavy atom. The van der Waals surface area contributed by atoms with Crippen LogP contribution in [-0.4, -0.2) is 21.6 Å². The second kappa shape index (κ2) is 7.58. The molecule has 1 aromatic carbocycles. The molecule has 1 atom stereocenters. The lowest BCUT2D eigenvalue weighted by atomic mass is 9.97. The third kappa shape index (κ3) is 4.92. The van der Waals surface area contributed by atoms with Gasteiger partial charge in [0.2, 0.25) is 0 Å². The van der Waals surface area contributed by atoms with Gasteiger partial charge in [0.05, 0.1) is 17.3 Å². The average Bonchev–Trinajstić information content (AvgIpc) is 3.43. The molecule has 1 amide bonds. The van der Waals surface area contributed by atoms with Gasteiger partial charge in [-0.05, 0) is 81.7 Å². The van der Waals surface area contributed by atoms with Crippen molar-refractivity contribution in [2.75, 3.05) is 0 Å². The van der Waals surface area contributed by atoms with E-state index in [4.69, 9.17) is 0 Å². The summed E-state index contributed by atoms with van der Waals surface area (Å²) in [6.07, 6.45) is 5.46. The van der Waals surface area contributed by atoms with Crippen LogP contribution in [0.3, 0.4) is 0 Å². The number of carbonyl (C=O) groups excluding carboxylic acids is 1. The lowest BCUT2D eigenvalue weighted by molar-refractivity contribution is 0.0714. The highest BCUT2D eigenvalue weighted by Gasteiger charge is 2.35. The standard InChI is InChI=1S/C22H28N2O2/c1-15-6-5-13-23-19(15)20(17-9-10-17)24-21(25)18-8-4-7-16(14-18)11-12-22(2,3)26/h4-8,13-14,17,20,26H,9-12H2,1-3H3,(H,24,25)/t20-/m0/s1. The molecular formula is C22H28N2O2. The van der Waals surface area contributed by atoms with Crippen molar-refractivity contribution in [3.8, 4) is 0 Å². The molecule has 1 saturated carbocycles. The normalized spacial score (nSPS) is 15.5. The van der Waals surface area contributed by atoms with Gasteiger partial charge in [-0.2, -0.15) is 0 Å². The highest BCUT2D eigenvalue weighted by atomic mass is 16.3. The van der Waals surface area contributed by atoms with Gasteiger partial charge in [0.15, 0.2) is 0 Å². The predicted molar refractivity (Wildman–Crippen MR) is 103 cm³/mol. The number of hydrogen-bond donors (Lipinski definition) is 2. The van der Waals surface area contributed by atoms with E-state index in [1.165, 1.54) is 0 Å². The van der Waals surface area contributed by atoms with Crippen LogP contribution in [-0.2, 0) is 6.42 Å². The zero-order chi connectivity index (χ0) is 18.7. The molecule has 0 unspecified atom stereocenters. The first-order chi connectivity index (χ1) is 12.3. The van der Waals surface area contributed by atoms with Gasteiger partial charge in [-0.3, -0.25) is 9.78 Å². The van der Waals surface area contributed by atoms with Gasteiger partial charge in [-0.15, -0.1) is 0 Å². The van der Waals surface area contributed by atoms with E-state index in [-0.39, 0.29) is 11.9 Å². The zero-order valence-corrected chi connectivity index (χ0v) is 15.8. The molecule has 0 radical (unpaired) electrons. The number of nitrogens with one attached hydrogen (secondary N) is 1. The highest BCUT2D eigenvalue weighted by molar-refractivity contribution is 5.94. The number of amides is 1. The first-order valence-electron chi connectivity index (χ1n) is 9.37. The number of aliphatic hydroxyl groups is 1. The van der Waals surface area contributed by atoms with Crippen molar-refractivity contribution < 1.29 is 9.90 Å². The molecule has 1 aliphatic rings. The number of aromatic nitrogens is 1. The minimum atomic E-state index is -0.703. The second-order valence-corrected chi connectivity index (χ2v) is 8.01. The molecule has 0 spiro atoms. The molecule has 0 saturated heterocycles. The minimum absolute atomic E-state index is 0.0243. The van der Waals surface area contributed by atoms with Crippen molar-refractivity contribution in [1.82, 2.24) is 10.3 Å². The molecule has 0 aliphatic heterocycles. The van der Waals surface area contributed by atoms with Crippen molar-refractivity contribution in [3.63, 3.8) is 0 Å². The van der Waals surface area contributed by atoms with E-state index < -0.39 is 5.60 Å². The van der Waals surface area contributed by atoms with Crippen LogP contribution in [0.15, 0.2) is 42.6 Å². The molecule has 1 aromatic heterocycles. The van der Waals surface area contributed by atoms with E-state index in [9.17, 15) is 9.90 Å². The Bertz CT molecular complexity index is 776. The largest absolute Gasteiger partial charge is 0.390 e. The summed E-state index contributed by atoms with van der Waals surface area (Å²) in [6, 6.07) is 11.6. The van der Waals surface area contributed by atoms with Gasteiger partial charge in [0.25, 0.3) is 5.91 Å². The monoisotopic (exact) mass is 352 g/mol. The van der Waals surface area contributed by atoms with Crippen LogP contribution < -0.4 is 5.32 Å². The van der Waals surface area contributed by atoms with Gasteiger partial charge in [0, 0.05) is 11.8 Å². The van der Waals surface area contributed by atoms with Crippen LogP contribution in [0.5, 0.6) is 0 Å². The van der Waals surface area contributed by atoms with Crippen molar-refractivity contribution >= 4 is 5.91 Å². The molecule has 1 fully saturated rings. The molecule has 2 N–H and O–H groups in total. The molecule has 2 aromatic rings. The molecule has 3 rings (SSSR count). The smallest absolute Gasteiger partial charge is 0.251 e. The molecule has 138 valence electrons. The number of nitrogens with zero attached hydrogens (tertiary/aromatic N) is 1. The maximum Gasteiger partial charge on any atom is 0.251 e. The summed E-state index contributed by atoms with van der Waals surface area (Å²) in [5, 5.41) is 13.1. The Labute approximate surface area is 155 Å². The lowest BCUT2D eigenvalue weighted by Crippen LogP contribution is -2.31. The SMILES string of the molecule is Cc1cccnc1[C@@H](NC(=O)c1cccc(CCC(C)(C)O)c1)C1CC1. The third-order valence-corrected chi connectivity index (χ3v) is 4.94. The highest BCUT2D eigenvalue weighted by Crippen LogP contribution is 2.41. The Morgan fingerprint density at radius 2 is 2.08 bits per heavy atom. The molecule has 0 bridgehead atoms. The van der Waals surface area contributed by atoms with Crippen molar-refractivity contribution in [2.24, 2.45) is 5.92 Å². The molecular weight excluding hydrogens is 324 g/mol. The summed E-state index contributed by atoms with van der Waals surface area (Å²) in [5.74, 6) is 0.419. The molecule has 1 heterocycles. The number of aryl methyl sites for hydroxylation is 2. The first kappa shape index (κ1) is 18.6. The van der Waals surface area contributed by atoms with Crippen LogP contribution in [0.4, 0.5) is 0 Å². The van der Waals surface area contributed by atoms with Gasteiger partial charge in [-0.25, -0.2) is 0 Å². The number of pyridine rings is 1. The molecule has 4 heteroatoms.